The molecule has 2 nitrogen and oxygen atoms in total. The van der Waals surface area contributed by atoms with E-state index in [1.807, 2.05) is 18.2 Å². The molecule has 0 aliphatic rings. The maximum atomic E-state index is 9.73. The van der Waals surface area contributed by atoms with Gasteiger partial charge in [0.25, 0.3) is 0 Å². The van der Waals surface area contributed by atoms with E-state index < -0.39 is 0 Å². The fraction of sp³-hybridized carbons (Fsp3) is 0. The van der Waals surface area contributed by atoms with Gasteiger partial charge in [0.2, 0.25) is 0 Å². The van der Waals surface area contributed by atoms with Crippen LogP contribution in [0.1, 0.15) is 1.37 Å². The summed E-state index contributed by atoms with van der Waals surface area (Å²) in [7, 11) is 0. The van der Waals surface area contributed by atoms with Crippen molar-refractivity contribution in [3.8, 4) is 22.3 Å². The van der Waals surface area contributed by atoms with Gasteiger partial charge < -0.3 is 9.32 Å². The molecule has 0 aliphatic carbocycles. The van der Waals surface area contributed by atoms with E-state index >= 15 is 0 Å². The highest BCUT2D eigenvalue weighted by Crippen LogP contribution is 2.44. The minimum atomic E-state index is 0.499. The molecular weight excluding hydrogens is 607 g/mol. The van der Waals surface area contributed by atoms with Gasteiger partial charge in [0, 0.05) is 27.5 Å². The number of fused-ring (bicyclic) bond motifs is 7. The van der Waals surface area contributed by atoms with Crippen molar-refractivity contribution < 1.29 is 5.79 Å². The van der Waals surface area contributed by atoms with Crippen LogP contribution >= 0.6 is 0 Å². The van der Waals surface area contributed by atoms with Crippen LogP contribution in [0.25, 0.3) is 76.5 Å². The Balaban J connectivity index is 1.18. The van der Waals surface area contributed by atoms with Crippen molar-refractivity contribution in [2.24, 2.45) is 0 Å². The Hall–Kier alpha value is -6.64. The molecule has 2 heteroatoms. The van der Waals surface area contributed by atoms with Gasteiger partial charge in [-0.05, 0) is 97.7 Å². The molecule has 0 unspecified atom stereocenters. The molecule has 0 fully saturated rings. The van der Waals surface area contributed by atoms with Crippen LogP contribution in [0, 0.1) is 0 Å². The average Bonchev–Trinajstić information content (AvgIpc) is 3.57. The average molecular weight is 639 g/mol. The number of anilines is 3. The second kappa shape index (κ2) is 11.5. The van der Waals surface area contributed by atoms with Gasteiger partial charge in [-0.25, -0.2) is 0 Å². The fourth-order valence-corrected chi connectivity index (χ4v) is 7.53. The van der Waals surface area contributed by atoms with E-state index in [0.29, 0.717) is 6.04 Å². The first-order valence-corrected chi connectivity index (χ1v) is 17.0. The first-order valence-electron chi connectivity index (χ1n) is 17.5. The molecule has 10 aromatic rings. The summed E-state index contributed by atoms with van der Waals surface area (Å²) in [4.78, 5) is 2.26. The van der Waals surface area contributed by atoms with Gasteiger partial charge in [0.05, 0.1) is 7.06 Å². The van der Waals surface area contributed by atoms with Gasteiger partial charge in [-0.2, -0.15) is 0 Å². The van der Waals surface area contributed by atoms with Crippen LogP contribution in [0.15, 0.2) is 192 Å². The van der Waals surface area contributed by atoms with Crippen LogP contribution in [0.2, 0.25) is 0 Å². The molecule has 0 N–H and O–H groups in total. The summed E-state index contributed by atoms with van der Waals surface area (Å²) in [5.74, 6) is 0. The third-order valence-electron chi connectivity index (χ3n) is 9.92. The summed E-state index contributed by atoms with van der Waals surface area (Å²) in [6.45, 7) is 0. The summed E-state index contributed by atoms with van der Waals surface area (Å²) < 4.78 is 15.9. The zero-order valence-electron chi connectivity index (χ0n) is 28.2. The second-order valence-corrected chi connectivity index (χ2v) is 12.8. The summed E-state index contributed by atoms with van der Waals surface area (Å²) in [6.07, 6.45) is 0. The Bertz CT molecular complexity index is 2930. The number of rotatable bonds is 5. The highest BCUT2D eigenvalue weighted by atomic mass is 16.3. The monoisotopic (exact) mass is 638 g/mol. The predicted octanol–water partition coefficient (Wildman–Crippen LogP) is 13.8. The molecule has 0 radical (unpaired) electrons. The second-order valence-electron chi connectivity index (χ2n) is 12.8. The fourth-order valence-electron chi connectivity index (χ4n) is 7.53. The highest BCUT2D eigenvalue weighted by Gasteiger charge is 2.19. The Kier molecular flexibility index (Phi) is 6.29. The Morgan fingerprint density at radius 2 is 1.00 bits per heavy atom. The van der Waals surface area contributed by atoms with Crippen molar-refractivity contribution in [1.29, 1.82) is 0 Å². The molecule has 9 aromatic carbocycles. The molecule has 1 heterocycles. The number of para-hydroxylation sites is 1. The van der Waals surface area contributed by atoms with Crippen molar-refractivity contribution >= 4 is 71.3 Å². The SMILES string of the molecule is [2H]c1c(N(c2ccc(-c3cccc4ccccc34)cc2)c2cccc(-c3ccc4oc5ccccc5c4c3)c2)c2ccccc2c2ccccc12. The van der Waals surface area contributed by atoms with Crippen LogP contribution in [-0.4, -0.2) is 0 Å². The molecule has 0 saturated heterocycles. The Morgan fingerprint density at radius 3 is 1.86 bits per heavy atom. The lowest BCUT2D eigenvalue weighted by Gasteiger charge is -2.28. The van der Waals surface area contributed by atoms with E-state index in [0.717, 1.165) is 77.2 Å². The number of benzene rings is 9. The minimum absolute atomic E-state index is 0.499. The number of furan rings is 1. The summed E-state index contributed by atoms with van der Waals surface area (Å²) in [5.41, 5.74) is 9.15. The van der Waals surface area contributed by atoms with Crippen LogP contribution in [0.5, 0.6) is 0 Å². The standard InChI is InChI=1S/C48H31NO/c1-3-16-39-32(11-1)13-10-21-40(39)33-23-26-37(27-24-33)49(46-31-36-12-2-4-17-41(36)42-18-5-6-19-43(42)46)38-15-9-14-34(29-38)35-25-28-48-45(30-35)44-20-7-8-22-47(44)50-48/h1-31H/i31D. The van der Waals surface area contributed by atoms with Gasteiger partial charge in [0.15, 0.2) is 0 Å². The first kappa shape index (κ1) is 27.3. The van der Waals surface area contributed by atoms with Crippen LogP contribution in [0.3, 0.4) is 0 Å². The molecule has 1 aromatic heterocycles. The Morgan fingerprint density at radius 1 is 0.380 bits per heavy atom. The quantitative estimate of drug-likeness (QED) is 0.174. The third kappa shape index (κ3) is 4.65. The van der Waals surface area contributed by atoms with E-state index in [9.17, 15) is 1.37 Å². The number of hydrogen-bond donors (Lipinski definition) is 0. The van der Waals surface area contributed by atoms with E-state index in [4.69, 9.17) is 4.42 Å². The maximum Gasteiger partial charge on any atom is 0.135 e. The van der Waals surface area contributed by atoms with Crippen molar-refractivity contribution in [2.45, 2.75) is 0 Å². The molecule has 0 atom stereocenters. The topological polar surface area (TPSA) is 16.4 Å². The molecule has 0 bridgehead atoms. The lowest BCUT2D eigenvalue weighted by atomic mass is 9.97. The molecule has 0 saturated carbocycles. The molecule has 0 aliphatic heterocycles. The van der Waals surface area contributed by atoms with Gasteiger partial charge >= 0.3 is 0 Å². The van der Waals surface area contributed by atoms with Gasteiger partial charge in [0.1, 0.15) is 11.2 Å². The largest absolute Gasteiger partial charge is 0.456 e. The minimum Gasteiger partial charge on any atom is -0.456 e. The van der Waals surface area contributed by atoms with Crippen molar-refractivity contribution in [3.63, 3.8) is 0 Å². The van der Waals surface area contributed by atoms with E-state index in [1.54, 1.807) is 0 Å². The zero-order valence-corrected chi connectivity index (χ0v) is 27.2. The molecular formula is C48H31NO. The summed E-state index contributed by atoms with van der Waals surface area (Å²) >= 11 is 0. The Labute approximate surface area is 291 Å². The van der Waals surface area contributed by atoms with E-state index in [-0.39, 0.29) is 0 Å². The zero-order chi connectivity index (χ0) is 33.9. The van der Waals surface area contributed by atoms with Gasteiger partial charge in [-0.1, -0.05) is 140 Å². The normalized spacial score (nSPS) is 11.9. The van der Waals surface area contributed by atoms with E-state index in [2.05, 4.69) is 169 Å². The van der Waals surface area contributed by atoms with Crippen LogP contribution in [0.4, 0.5) is 17.1 Å². The smallest absolute Gasteiger partial charge is 0.135 e. The van der Waals surface area contributed by atoms with Crippen LogP contribution < -0.4 is 4.90 Å². The van der Waals surface area contributed by atoms with Crippen molar-refractivity contribution in [3.05, 3.63) is 188 Å². The number of nitrogens with zero attached hydrogens (tertiary/aromatic N) is 1. The van der Waals surface area contributed by atoms with Gasteiger partial charge in [-0.15, -0.1) is 0 Å². The number of hydrogen-bond acceptors (Lipinski definition) is 2. The molecule has 0 amide bonds. The maximum absolute atomic E-state index is 9.73. The first-order chi connectivity index (χ1) is 25.2. The summed E-state index contributed by atoms with van der Waals surface area (Å²) in [5, 5.41) is 8.85. The third-order valence-corrected chi connectivity index (χ3v) is 9.92. The summed E-state index contributed by atoms with van der Waals surface area (Å²) in [6, 6.07) is 64.4. The van der Waals surface area contributed by atoms with Crippen LogP contribution in [-0.2, 0) is 0 Å². The van der Waals surface area contributed by atoms with Crippen molar-refractivity contribution in [1.82, 2.24) is 0 Å². The molecule has 10 rings (SSSR count). The molecule has 234 valence electrons. The molecule has 0 spiro atoms. The lowest BCUT2D eigenvalue weighted by Crippen LogP contribution is -2.10. The predicted molar refractivity (Wildman–Crippen MR) is 212 cm³/mol. The van der Waals surface area contributed by atoms with Crippen molar-refractivity contribution in [2.75, 3.05) is 4.90 Å². The molecule has 50 heavy (non-hydrogen) atoms. The van der Waals surface area contributed by atoms with E-state index in [1.165, 1.54) is 16.3 Å². The highest BCUT2D eigenvalue weighted by molar-refractivity contribution is 6.15. The van der Waals surface area contributed by atoms with Gasteiger partial charge in [-0.3, -0.25) is 0 Å². The lowest BCUT2D eigenvalue weighted by molar-refractivity contribution is 0.669.